The van der Waals surface area contributed by atoms with Gasteiger partial charge in [-0.15, -0.1) is 0 Å². The van der Waals surface area contributed by atoms with E-state index in [1.54, 1.807) is 13.3 Å². The first-order valence-corrected chi connectivity index (χ1v) is 14.1. The van der Waals surface area contributed by atoms with Gasteiger partial charge in [0.1, 0.15) is 0 Å². The highest BCUT2D eigenvalue weighted by atomic mass is 16.5. The van der Waals surface area contributed by atoms with E-state index < -0.39 is 0 Å². The Morgan fingerprint density at radius 2 is 1.90 bits per heavy atom. The van der Waals surface area contributed by atoms with E-state index in [1.807, 2.05) is 12.3 Å². The van der Waals surface area contributed by atoms with Crippen LogP contribution in [0.25, 0.3) is 27.7 Å². The normalized spacial score (nSPS) is 13.3. The van der Waals surface area contributed by atoms with Gasteiger partial charge in [-0.05, 0) is 80.5 Å². The number of hydrogen-bond donors (Lipinski definition) is 2. The molecule has 0 bridgehead atoms. The van der Waals surface area contributed by atoms with Gasteiger partial charge in [0.15, 0.2) is 0 Å². The number of fused-ring (bicyclic) bond motifs is 1. The number of aryl methyl sites for hydroxylation is 1. The van der Waals surface area contributed by atoms with Crippen molar-refractivity contribution in [3.63, 3.8) is 0 Å². The fourth-order valence-corrected chi connectivity index (χ4v) is 5.18. The van der Waals surface area contributed by atoms with Crippen LogP contribution in [0.4, 0.5) is 0 Å². The molecule has 40 heavy (non-hydrogen) atoms. The van der Waals surface area contributed by atoms with E-state index in [-0.39, 0.29) is 5.41 Å². The van der Waals surface area contributed by atoms with E-state index in [9.17, 15) is 4.79 Å². The summed E-state index contributed by atoms with van der Waals surface area (Å²) in [7, 11) is 1.71. The molecule has 1 aliphatic heterocycles. The third kappa shape index (κ3) is 8.13. The Morgan fingerprint density at radius 3 is 2.48 bits per heavy atom. The van der Waals surface area contributed by atoms with Crippen LogP contribution in [-0.2, 0) is 33.8 Å². The van der Waals surface area contributed by atoms with Gasteiger partial charge in [-0.25, -0.2) is 0 Å². The van der Waals surface area contributed by atoms with Gasteiger partial charge in [0.25, 0.3) is 6.47 Å². The first-order chi connectivity index (χ1) is 19.2. The molecule has 0 aliphatic carbocycles. The number of methoxy groups -OCH3 is 1. The third-order valence-corrected chi connectivity index (χ3v) is 6.96. The van der Waals surface area contributed by atoms with Crippen LogP contribution in [0.15, 0.2) is 54.9 Å². The van der Waals surface area contributed by atoms with Crippen LogP contribution in [0.5, 0.6) is 0 Å². The Morgan fingerprint density at radius 1 is 1.18 bits per heavy atom. The summed E-state index contributed by atoms with van der Waals surface area (Å²) in [5.41, 5.74) is 14.8. The molecule has 0 unspecified atom stereocenters. The largest absolute Gasteiger partial charge is 0.467 e. The number of nitrogens with zero attached hydrogens (tertiary/aromatic N) is 2. The van der Waals surface area contributed by atoms with Gasteiger partial charge in [0, 0.05) is 61.0 Å². The zero-order valence-corrected chi connectivity index (χ0v) is 25.1. The summed E-state index contributed by atoms with van der Waals surface area (Å²) in [5.74, 6) is 0. The lowest BCUT2D eigenvalue weighted by Crippen LogP contribution is -2.37. The molecule has 0 saturated carbocycles. The number of hydrazine groups is 1. The molecule has 1 saturated heterocycles. The van der Waals surface area contributed by atoms with Crippen molar-refractivity contribution in [2.45, 2.75) is 67.0 Å². The minimum Gasteiger partial charge on any atom is -0.467 e. The predicted octanol–water partition coefficient (Wildman–Crippen LogP) is 6.47. The molecule has 1 fully saturated rings. The molecule has 0 amide bonds. The van der Waals surface area contributed by atoms with Crippen LogP contribution >= 0.6 is 0 Å². The van der Waals surface area contributed by atoms with E-state index in [0.717, 1.165) is 54.0 Å². The number of rotatable bonds is 11. The van der Waals surface area contributed by atoms with Crippen molar-refractivity contribution >= 4 is 22.9 Å². The van der Waals surface area contributed by atoms with E-state index in [2.05, 4.69) is 85.9 Å². The smallest absolute Gasteiger partial charge is 0.293 e. The van der Waals surface area contributed by atoms with Gasteiger partial charge < -0.3 is 14.0 Å². The number of nitrogens with one attached hydrogen (secondary N) is 2. The summed E-state index contributed by atoms with van der Waals surface area (Å²) in [6.07, 6.45) is 9.23. The van der Waals surface area contributed by atoms with Crippen molar-refractivity contribution < 1.29 is 14.3 Å². The number of hydrogen-bond acceptors (Lipinski definition) is 6. The fraction of sp³-hybridized carbons (Fsp3) is 0.455. The highest BCUT2D eigenvalue weighted by molar-refractivity contribution is 5.95. The Hall–Kier alpha value is -3.26. The van der Waals surface area contributed by atoms with Crippen LogP contribution in [0.2, 0.25) is 0 Å². The van der Waals surface area contributed by atoms with Gasteiger partial charge in [-0.3, -0.25) is 20.6 Å². The van der Waals surface area contributed by atoms with E-state index >= 15 is 0 Å². The number of carbonyl (C=O) groups excluding carboxylic acids is 1. The van der Waals surface area contributed by atoms with E-state index in [1.165, 1.54) is 34.9 Å². The second kappa shape index (κ2) is 14.9. The number of allylic oxidation sites excluding steroid dienone is 3. The average Bonchev–Trinajstić information content (AvgIpc) is 3.25. The molecule has 0 atom stereocenters. The number of pyridine rings is 1. The lowest BCUT2D eigenvalue weighted by molar-refractivity contribution is -0.131. The molecule has 1 aliphatic rings. The van der Waals surface area contributed by atoms with Gasteiger partial charge in [-0.1, -0.05) is 38.1 Å². The average molecular weight is 547 g/mol. The van der Waals surface area contributed by atoms with Crippen molar-refractivity contribution in [1.29, 1.82) is 0 Å². The quantitative estimate of drug-likeness (QED) is 0.212. The first-order valence-electron chi connectivity index (χ1n) is 14.1. The lowest BCUT2D eigenvalue weighted by Gasteiger charge is -2.24. The summed E-state index contributed by atoms with van der Waals surface area (Å²) in [6, 6.07) is 8.59. The molecular weight excluding hydrogens is 500 g/mol. The molecule has 1 aromatic carbocycles. The van der Waals surface area contributed by atoms with Crippen molar-refractivity contribution in [2.24, 2.45) is 5.41 Å². The van der Waals surface area contributed by atoms with Crippen LogP contribution in [0.3, 0.4) is 0 Å². The number of benzene rings is 1. The van der Waals surface area contributed by atoms with E-state index in [0.29, 0.717) is 19.7 Å². The Kier molecular flexibility index (Phi) is 11.7. The van der Waals surface area contributed by atoms with Crippen LogP contribution in [0.1, 0.15) is 64.2 Å². The Labute approximate surface area is 239 Å². The first kappa shape index (κ1) is 31.3. The fourth-order valence-electron chi connectivity index (χ4n) is 5.18. The lowest BCUT2D eigenvalue weighted by atomic mass is 9.84. The molecule has 3 aromatic rings. The topological polar surface area (TPSA) is 77.4 Å². The number of carbonyl (C=O) groups is 1. The summed E-state index contributed by atoms with van der Waals surface area (Å²) in [6.45, 7) is 19.3. The summed E-state index contributed by atoms with van der Waals surface area (Å²) >= 11 is 0. The van der Waals surface area contributed by atoms with Crippen molar-refractivity contribution in [2.75, 3.05) is 26.8 Å². The molecule has 0 radical (unpaired) electrons. The minimum absolute atomic E-state index is 0.251. The SMILES string of the molecule is C1CCNNC1.C=C(C=C(C)C)c1ccc2c(c1)c(CC(C)(C)COC=O)c(-c1cnccc1COC)n2CC. The van der Waals surface area contributed by atoms with Gasteiger partial charge in [-0.2, -0.15) is 0 Å². The second-order valence-corrected chi connectivity index (χ2v) is 11.3. The Balaban J connectivity index is 0.000000649. The monoisotopic (exact) mass is 546 g/mol. The maximum atomic E-state index is 10.9. The molecule has 2 N–H and O–H groups in total. The summed E-state index contributed by atoms with van der Waals surface area (Å²) in [4.78, 5) is 15.4. The molecule has 216 valence electrons. The number of ether oxygens (including phenoxy) is 2. The van der Waals surface area contributed by atoms with Gasteiger partial charge in [0.2, 0.25) is 0 Å². The van der Waals surface area contributed by atoms with Crippen LogP contribution < -0.4 is 10.9 Å². The molecule has 7 nitrogen and oxygen atoms in total. The molecule has 0 spiro atoms. The predicted molar refractivity (Wildman–Crippen MR) is 165 cm³/mol. The zero-order valence-electron chi connectivity index (χ0n) is 25.1. The summed E-state index contributed by atoms with van der Waals surface area (Å²) < 4.78 is 13.0. The number of aromatic nitrogens is 2. The van der Waals surface area contributed by atoms with Crippen molar-refractivity contribution in [3.8, 4) is 11.3 Å². The summed E-state index contributed by atoms with van der Waals surface area (Å²) in [5, 5.41) is 1.18. The van der Waals surface area contributed by atoms with Gasteiger partial charge >= 0.3 is 0 Å². The Bertz CT molecular complexity index is 1300. The standard InChI is InChI=1S/C29H36N2O3.C4H10N2/c1-8-31-27-10-9-22(21(4)13-20(2)3)14-24(27)25(15-29(5,6)18-34-19-32)28(31)26-16-30-12-11-23(26)17-33-7;1-2-4-6-5-3-1/h9-14,16,19H,4,8,15,17-18H2,1-3,5-7H3;5-6H,1-4H2. The molecule has 4 rings (SSSR count). The second-order valence-electron chi connectivity index (χ2n) is 11.3. The molecular formula is C33H46N4O3. The molecule has 3 heterocycles. The van der Waals surface area contributed by atoms with Crippen LogP contribution in [0, 0.1) is 5.41 Å². The van der Waals surface area contributed by atoms with Gasteiger partial charge in [0.05, 0.1) is 18.9 Å². The molecule has 2 aromatic heterocycles. The van der Waals surface area contributed by atoms with Crippen molar-refractivity contribution in [3.05, 3.63) is 71.6 Å². The maximum absolute atomic E-state index is 10.9. The van der Waals surface area contributed by atoms with E-state index in [4.69, 9.17) is 9.47 Å². The molecule has 7 heteroatoms. The zero-order chi connectivity index (χ0) is 29.1. The van der Waals surface area contributed by atoms with Crippen molar-refractivity contribution in [1.82, 2.24) is 20.4 Å². The third-order valence-electron chi connectivity index (χ3n) is 6.96. The maximum Gasteiger partial charge on any atom is 0.293 e. The highest BCUT2D eigenvalue weighted by Crippen LogP contribution is 2.40. The van der Waals surface area contributed by atoms with Crippen LogP contribution in [-0.4, -0.2) is 42.8 Å². The minimum atomic E-state index is -0.251. The highest BCUT2D eigenvalue weighted by Gasteiger charge is 2.27.